The molecule has 3 rings (SSSR count). The molecule has 0 aliphatic heterocycles. The molecule has 3 aromatic heterocycles. The zero-order valence-corrected chi connectivity index (χ0v) is 11.5. The van der Waals surface area contributed by atoms with Crippen LogP contribution in [0.5, 0.6) is 0 Å². The topological polar surface area (TPSA) is 126 Å². The van der Waals surface area contributed by atoms with E-state index in [0.717, 1.165) is 10.4 Å². The van der Waals surface area contributed by atoms with Gasteiger partial charge in [-0.2, -0.15) is 0 Å². The van der Waals surface area contributed by atoms with E-state index in [4.69, 9.17) is 5.73 Å². The molecule has 0 spiro atoms. The summed E-state index contributed by atoms with van der Waals surface area (Å²) in [6.45, 7) is 1.85. The average Bonchev–Trinajstić information content (AvgIpc) is 2.88. The van der Waals surface area contributed by atoms with E-state index in [9.17, 15) is 9.59 Å². The number of nitrogens with one attached hydrogen (secondary N) is 2. The molecular formula is C12H14N7O2+. The smallest absolute Gasteiger partial charge is 0.330 e. The quantitative estimate of drug-likeness (QED) is 0.498. The van der Waals surface area contributed by atoms with E-state index in [2.05, 4.69) is 19.9 Å². The molecule has 3 aromatic rings. The van der Waals surface area contributed by atoms with Gasteiger partial charge in [0, 0.05) is 6.92 Å². The van der Waals surface area contributed by atoms with E-state index in [1.165, 1.54) is 6.33 Å². The van der Waals surface area contributed by atoms with Crippen molar-refractivity contribution in [3.05, 3.63) is 44.8 Å². The molecule has 0 unspecified atom stereocenters. The molecule has 3 heterocycles. The van der Waals surface area contributed by atoms with Gasteiger partial charge in [0.2, 0.25) is 5.82 Å². The fourth-order valence-electron chi connectivity index (χ4n) is 2.10. The molecule has 0 aliphatic rings. The average molecular weight is 288 g/mol. The Balaban J connectivity index is 2.16. The molecule has 9 nitrogen and oxygen atoms in total. The highest BCUT2D eigenvalue weighted by molar-refractivity contribution is 5.67. The van der Waals surface area contributed by atoms with Crippen LogP contribution >= 0.6 is 0 Å². The van der Waals surface area contributed by atoms with Gasteiger partial charge in [-0.1, -0.05) is 0 Å². The Labute approximate surface area is 118 Å². The fourth-order valence-corrected chi connectivity index (χ4v) is 2.10. The first-order valence-corrected chi connectivity index (χ1v) is 6.25. The number of nitrogens with two attached hydrogens (primary N) is 1. The number of rotatable bonds is 2. The van der Waals surface area contributed by atoms with E-state index in [1.807, 2.05) is 14.0 Å². The molecule has 108 valence electrons. The lowest BCUT2D eigenvalue weighted by molar-refractivity contribution is -0.681. The van der Waals surface area contributed by atoms with Crippen LogP contribution in [0.4, 0.5) is 5.82 Å². The third-order valence-corrected chi connectivity index (χ3v) is 3.37. The van der Waals surface area contributed by atoms with Crippen LogP contribution in [0.2, 0.25) is 0 Å². The number of hydrogen-bond acceptors (Lipinski definition) is 5. The molecule has 0 amide bonds. The monoisotopic (exact) mass is 288 g/mol. The maximum atomic E-state index is 12.3. The van der Waals surface area contributed by atoms with Crippen molar-refractivity contribution in [3.8, 4) is 0 Å². The highest BCUT2D eigenvalue weighted by Crippen LogP contribution is 2.06. The summed E-state index contributed by atoms with van der Waals surface area (Å²) in [5, 5.41) is 0. The number of fused-ring (bicyclic) bond motifs is 1. The maximum Gasteiger partial charge on any atom is 0.330 e. The van der Waals surface area contributed by atoms with E-state index < -0.39 is 11.2 Å². The van der Waals surface area contributed by atoms with Gasteiger partial charge in [0.15, 0.2) is 5.65 Å². The zero-order valence-electron chi connectivity index (χ0n) is 11.5. The van der Waals surface area contributed by atoms with Gasteiger partial charge < -0.3 is 10.7 Å². The predicted molar refractivity (Wildman–Crippen MR) is 74.6 cm³/mol. The van der Waals surface area contributed by atoms with E-state index in [0.29, 0.717) is 11.4 Å². The minimum absolute atomic E-state index is 0.0378. The molecule has 0 bridgehead atoms. The third kappa shape index (κ3) is 2.08. The largest absolute Gasteiger partial charge is 0.362 e. The maximum absolute atomic E-state index is 12.3. The molecular weight excluding hydrogens is 274 g/mol. The normalized spacial score (nSPS) is 11.1. The molecule has 0 atom stereocenters. The van der Waals surface area contributed by atoms with Crippen LogP contribution in [0.15, 0.2) is 22.1 Å². The Morgan fingerprint density at radius 1 is 1.43 bits per heavy atom. The van der Waals surface area contributed by atoms with Crippen molar-refractivity contribution in [2.45, 2.75) is 13.5 Å². The summed E-state index contributed by atoms with van der Waals surface area (Å²) < 4.78 is 2.84. The number of nitrogens with zero attached hydrogens (tertiary/aromatic N) is 4. The summed E-state index contributed by atoms with van der Waals surface area (Å²) >= 11 is 0. The molecule has 0 fully saturated rings. The minimum atomic E-state index is -0.540. The molecule has 4 N–H and O–H groups in total. The van der Waals surface area contributed by atoms with E-state index in [1.54, 1.807) is 10.8 Å². The second-order valence-corrected chi connectivity index (χ2v) is 4.76. The van der Waals surface area contributed by atoms with Crippen molar-refractivity contribution in [3.63, 3.8) is 0 Å². The van der Waals surface area contributed by atoms with Gasteiger partial charge in [-0.3, -0.25) is 14.3 Å². The van der Waals surface area contributed by atoms with Crippen LogP contribution in [-0.2, 0) is 13.6 Å². The first kappa shape index (κ1) is 13.0. The number of hydrogen-bond donors (Lipinski definition) is 3. The van der Waals surface area contributed by atoms with Gasteiger partial charge in [0.05, 0.1) is 25.5 Å². The predicted octanol–water partition coefficient (Wildman–Crippen LogP) is -1.43. The Morgan fingerprint density at radius 2 is 2.19 bits per heavy atom. The van der Waals surface area contributed by atoms with Crippen LogP contribution in [0.1, 0.15) is 11.4 Å². The summed E-state index contributed by atoms with van der Waals surface area (Å²) in [4.78, 5) is 37.6. The van der Waals surface area contributed by atoms with Crippen LogP contribution in [-0.4, -0.2) is 24.5 Å². The highest BCUT2D eigenvalue weighted by atomic mass is 16.2. The summed E-state index contributed by atoms with van der Waals surface area (Å²) in [6, 6.07) is 0. The van der Waals surface area contributed by atoms with Gasteiger partial charge in [0.25, 0.3) is 11.4 Å². The van der Waals surface area contributed by atoms with Gasteiger partial charge in [-0.15, -0.1) is 0 Å². The molecule has 0 radical (unpaired) electrons. The Bertz CT molecular complexity index is 950. The van der Waals surface area contributed by atoms with Gasteiger partial charge in [0.1, 0.15) is 11.7 Å². The summed E-state index contributed by atoms with van der Waals surface area (Å²) in [5.41, 5.74) is 5.95. The van der Waals surface area contributed by atoms with Crippen LogP contribution in [0, 0.1) is 6.92 Å². The number of H-pyrrole nitrogens is 2. The van der Waals surface area contributed by atoms with Crippen LogP contribution in [0.3, 0.4) is 0 Å². The van der Waals surface area contributed by atoms with Gasteiger partial charge in [-0.05, 0) is 4.98 Å². The first-order chi connectivity index (χ1) is 9.97. The number of aryl methyl sites for hydroxylation is 2. The lowest BCUT2D eigenvalue weighted by Crippen LogP contribution is -2.38. The van der Waals surface area contributed by atoms with Crippen molar-refractivity contribution in [2.75, 3.05) is 5.73 Å². The summed E-state index contributed by atoms with van der Waals surface area (Å²) in [5.74, 6) is 1.03. The molecule has 0 aromatic carbocycles. The second-order valence-electron chi connectivity index (χ2n) is 4.76. The van der Waals surface area contributed by atoms with Crippen molar-refractivity contribution in [1.29, 1.82) is 0 Å². The first-order valence-electron chi connectivity index (χ1n) is 6.25. The minimum Gasteiger partial charge on any atom is -0.362 e. The molecule has 0 saturated heterocycles. The van der Waals surface area contributed by atoms with Crippen LogP contribution < -0.4 is 21.5 Å². The third-order valence-electron chi connectivity index (χ3n) is 3.37. The number of imidazole rings is 1. The van der Waals surface area contributed by atoms with E-state index in [-0.39, 0.29) is 17.7 Å². The SMILES string of the molecule is Cc1nc(N)c(Cn2c(=O)[nH]c3nc[nH]c3c2=O)c[n+]1C. The molecule has 0 aliphatic carbocycles. The standard InChI is InChI=1S/C12H13N7O2/c1-6-16-9(13)7(3-18(6)2)4-19-11(20)8-10(15-5-14-8)17-12(19)21/h3,5,13H,4H2,1-2H3,(H2,14,15,17,20,21)/p+1. The highest BCUT2D eigenvalue weighted by Gasteiger charge is 2.16. The molecule has 0 saturated carbocycles. The Kier molecular flexibility index (Phi) is 2.82. The number of anilines is 1. The van der Waals surface area contributed by atoms with Gasteiger partial charge >= 0.3 is 5.69 Å². The molecule has 9 heteroatoms. The van der Waals surface area contributed by atoms with Crippen molar-refractivity contribution < 1.29 is 4.57 Å². The van der Waals surface area contributed by atoms with Gasteiger partial charge in [-0.25, -0.2) is 14.3 Å². The lowest BCUT2D eigenvalue weighted by atomic mass is 10.3. The summed E-state index contributed by atoms with van der Waals surface area (Å²) in [6.07, 6.45) is 3.11. The lowest BCUT2D eigenvalue weighted by Gasteiger charge is -2.05. The number of aromatic amines is 2. The van der Waals surface area contributed by atoms with Crippen molar-refractivity contribution >= 4 is 17.0 Å². The zero-order chi connectivity index (χ0) is 15.1. The van der Waals surface area contributed by atoms with Crippen molar-refractivity contribution in [1.82, 2.24) is 24.5 Å². The summed E-state index contributed by atoms with van der Waals surface area (Å²) in [7, 11) is 1.82. The number of aromatic nitrogens is 6. The number of nitrogen functional groups attached to an aromatic ring is 1. The van der Waals surface area contributed by atoms with Crippen molar-refractivity contribution in [2.24, 2.45) is 7.05 Å². The fraction of sp³-hybridized carbons (Fsp3) is 0.250. The second kappa shape index (κ2) is 4.54. The Morgan fingerprint density at radius 3 is 2.95 bits per heavy atom. The Hall–Kier alpha value is -2.97. The van der Waals surface area contributed by atoms with Crippen LogP contribution in [0.25, 0.3) is 11.2 Å². The van der Waals surface area contributed by atoms with E-state index >= 15 is 0 Å². The molecule has 21 heavy (non-hydrogen) atoms.